The molecule has 1 heterocycles. The van der Waals surface area contributed by atoms with Gasteiger partial charge in [0, 0.05) is 18.0 Å². The van der Waals surface area contributed by atoms with E-state index in [9.17, 15) is 0 Å². The van der Waals surface area contributed by atoms with Crippen LogP contribution >= 0.6 is 24.4 Å². The van der Waals surface area contributed by atoms with E-state index in [2.05, 4.69) is 35.5 Å². The first-order valence-corrected chi connectivity index (χ1v) is 6.11. The van der Waals surface area contributed by atoms with E-state index < -0.39 is 0 Å². The summed E-state index contributed by atoms with van der Waals surface area (Å²) in [6.45, 7) is 4.65. The van der Waals surface area contributed by atoms with Crippen molar-refractivity contribution in [2.75, 3.05) is 13.1 Å². The third-order valence-electron chi connectivity index (χ3n) is 2.54. The average molecular weight is 244 g/mol. The Bertz CT molecular complexity index is 297. The van der Waals surface area contributed by atoms with Gasteiger partial charge in [0.15, 0.2) is 0 Å². The monoisotopic (exact) mass is 243 g/mol. The summed E-state index contributed by atoms with van der Waals surface area (Å²) in [6.07, 6.45) is 4.13. The number of hydrogen-bond acceptors (Lipinski definition) is 2. The average Bonchev–Trinajstić information content (AvgIpc) is 2.19. The lowest BCUT2D eigenvalue weighted by molar-refractivity contribution is 0.380. The minimum atomic E-state index is 0. The molecule has 1 saturated heterocycles. The SMILES string of the molecule is Cc1cccc(SN2CCCCC2)c1.Cl. The fraction of sp³-hybridized carbons (Fsp3) is 0.500. The van der Waals surface area contributed by atoms with Crippen molar-refractivity contribution in [2.45, 2.75) is 31.1 Å². The molecular weight excluding hydrogens is 226 g/mol. The summed E-state index contributed by atoms with van der Waals surface area (Å²) in [4.78, 5) is 1.38. The predicted molar refractivity (Wildman–Crippen MR) is 69.7 cm³/mol. The second-order valence-corrected chi connectivity index (χ2v) is 5.07. The number of aryl methyl sites for hydroxylation is 1. The van der Waals surface area contributed by atoms with Crippen molar-refractivity contribution in [3.63, 3.8) is 0 Å². The molecule has 0 bridgehead atoms. The maximum Gasteiger partial charge on any atom is 0.0232 e. The summed E-state index contributed by atoms with van der Waals surface area (Å²) in [6, 6.07) is 8.76. The molecule has 0 aromatic heterocycles. The summed E-state index contributed by atoms with van der Waals surface area (Å²) in [5.41, 5.74) is 1.35. The smallest absolute Gasteiger partial charge is 0.0232 e. The van der Waals surface area contributed by atoms with Gasteiger partial charge in [-0.05, 0) is 49.4 Å². The van der Waals surface area contributed by atoms with E-state index in [0.717, 1.165) is 0 Å². The molecular formula is C12H18ClNS. The van der Waals surface area contributed by atoms with Gasteiger partial charge in [-0.1, -0.05) is 18.6 Å². The topological polar surface area (TPSA) is 3.24 Å². The van der Waals surface area contributed by atoms with E-state index >= 15 is 0 Å². The number of benzene rings is 1. The van der Waals surface area contributed by atoms with Crippen molar-refractivity contribution in [1.82, 2.24) is 4.31 Å². The highest BCUT2D eigenvalue weighted by Crippen LogP contribution is 2.26. The zero-order valence-corrected chi connectivity index (χ0v) is 10.7. The van der Waals surface area contributed by atoms with E-state index in [1.807, 2.05) is 11.9 Å². The van der Waals surface area contributed by atoms with Crippen LogP contribution in [0.3, 0.4) is 0 Å². The third-order valence-corrected chi connectivity index (χ3v) is 3.63. The molecule has 3 heteroatoms. The number of piperidine rings is 1. The molecule has 0 saturated carbocycles. The quantitative estimate of drug-likeness (QED) is 0.725. The third kappa shape index (κ3) is 4.06. The van der Waals surface area contributed by atoms with Crippen molar-refractivity contribution in [3.05, 3.63) is 29.8 Å². The van der Waals surface area contributed by atoms with Gasteiger partial charge < -0.3 is 0 Å². The molecule has 1 aliphatic rings. The Balaban J connectivity index is 0.00000112. The molecule has 1 aliphatic heterocycles. The number of hydrogen-bond donors (Lipinski definition) is 0. The number of halogens is 1. The molecule has 0 N–H and O–H groups in total. The van der Waals surface area contributed by atoms with Crippen LogP contribution in [0.25, 0.3) is 0 Å². The van der Waals surface area contributed by atoms with Crippen LogP contribution in [0.2, 0.25) is 0 Å². The fourth-order valence-electron chi connectivity index (χ4n) is 1.78. The van der Waals surface area contributed by atoms with Gasteiger partial charge in [0.05, 0.1) is 0 Å². The zero-order chi connectivity index (χ0) is 9.80. The van der Waals surface area contributed by atoms with Gasteiger partial charge in [-0.25, -0.2) is 4.31 Å². The molecule has 15 heavy (non-hydrogen) atoms. The largest absolute Gasteiger partial charge is 0.246 e. The molecule has 0 spiro atoms. The van der Waals surface area contributed by atoms with Crippen LogP contribution in [0.5, 0.6) is 0 Å². The van der Waals surface area contributed by atoms with Crippen LogP contribution in [0, 0.1) is 6.92 Å². The highest BCUT2D eigenvalue weighted by Gasteiger charge is 2.10. The normalized spacial score (nSPS) is 17.1. The maximum atomic E-state index is 2.48. The predicted octanol–water partition coefficient (Wildman–Crippen LogP) is 3.91. The van der Waals surface area contributed by atoms with Crippen LogP contribution in [-0.2, 0) is 0 Å². The van der Waals surface area contributed by atoms with Gasteiger partial charge in [0.25, 0.3) is 0 Å². The minimum Gasteiger partial charge on any atom is -0.246 e. The van der Waals surface area contributed by atoms with Crippen molar-refractivity contribution in [3.8, 4) is 0 Å². The fourth-order valence-corrected chi connectivity index (χ4v) is 2.89. The lowest BCUT2D eigenvalue weighted by atomic mass is 10.2. The molecule has 1 nitrogen and oxygen atoms in total. The van der Waals surface area contributed by atoms with E-state index in [-0.39, 0.29) is 12.4 Å². The van der Waals surface area contributed by atoms with Gasteiger partial charge in [0.1, 0.15) is 0 Å². The number of rotatable bonds is 2. The van der Waals surface area contributed by atoms with Crippen LogP contribution in [0.1, 0.15) is 24.8 Å². The molecule has 1 aromatic rings. The van der Waals surface area contributed by atoms with Crippen molar-refractivity contribution in [2.24, 2.45) is 0 Å². The molecule has 0 unspecified atom stereocenters. The van der Waals surface area contributed by atoms with Crippen LogP contribution in [-0.4, -0.2) is 17.4 Å². The lowest BCUT2D eigenvalue weighted by Gasteiger charge is -2.25. The summed E-state index contributed by atoms with van der Waals surface area (Å²) in [5, 5.41) is 0. The van der Waals surface area contributed by atoms with Gasteiger partial charge in [-0.15, -0.1) is 12.4 Å². The van der Waals surface area contributed by atoms with Gasteiger partial charge >= 0.3 is 0 Å². The van der Waals surface area contributed by atoms with Crippen LogP contribution < -0.4 is 0 Å². The first-order valence-electron chi connectivity index (χ1n) is 5.34. The standard InChI is InChI=1S/C12H17NS.ClH/c1-11-6-5-7-12(10-11)14-13-8-3-2-4-9-13;/h5-7,10H,2-4,8-9H2,1H3;1H. The molecule has 0 amide bonds. The summed E-state index contributed by atoms with van der Waals surface area (Å²) in [5.74, 6) is 0. The second-order valence-electron chi connectivity index (χ2n) is 3.90. The molecule has 0 atom stereocenters. The van der Waals surface area contributed by atoms with Crippen molar-refractivity contribution < 1.29 is 0 Å². The van der Waals surface area contributed by atoms with E-state index in [4.69, 9.17) is 0 Å². The van der Waals surface area contributed by atoms with Gasteiger partial charge in [-0.2, -0.15) is 0 Å². The Kier molecular flexibility index (Phi) is 5.51. The minimum absolute atomic E-state index is 0. The van der Waals surface area contributed by atoms with Crippen LogP contribution in [0.4, 0.5) is 0 Å². The Morgan fingerprint density at radius 3 is 2.53 bits per heavy atom. The maximum absolute atomic E-state index is 2.48. The summed E-state index contributed by atoms with van der Waals surface area (Å²) >= 11 is 1.91. The highest BCUT2D eigenvalue weighted by molar-refractivity contribution is 7.97. The zero-order valence-electron chi connectivity index (χ0n) is 9.11. The highest BCUT2D eigenvalue weighted by atomic mass is 35.5. The summed E-state index contributed by atoms with van der Waals surface area (Å²) in [7, 11) is 0. The lowest BCUT2D eigenvalue weighted by Crippen LogP contribution is -2.22. The van der Waals surface area contributed by atoms with Crippen molar-refractivity contribution >= 4 is 24.4 Å². The first-order chi connectivity index (χ1) is 6.84. The van der Waals surface area contributed by atoms with E-state index in [1.54, 1.807) is 0 Å². The number of nitrogens with zero attached hydrogens (tertiary/aromatic N) is 1. The first kappa shape index (κ1) is 12.9. The van der Waals surface area contributed by atoms with Gasteiger partial charge in [-0.3, -0.25) is 0 Å². The van der Waals surface area contributed by atoms with Crippen LogP contribution in [0.15, 0.2) is 29.2 Å². The Labute approximate surface area is 103 Å². The Morgan fingerprint density at radius 1 is 1.13 bits per heavy atom. The molecule has 0 aliphatic carbocycles. The van der Waals surface area contributed by atoms with Gasteiger partial charge in [0.2, 0.25) is 0 Å². The molecule has 1 aromatic carbocycles. The Morgan fingerprint density at radius 2 is 1.87 bits per heavy atom. The van der Waals surface area contributed by atoms with Crippen molar-refractivity contribution in [1.29, 1.82) is 0 Å². The second kappa shape index (κ2) is 6.41. The molecule has 2 rings (SSSR count). The summed E-state index contributed by atoms with van der Waals surface area (Å²) < 4.78 is 2.48. The van der Waals surface area contributed by atoms with E-state index in [1.165, 1.54) is 42.8 Å². The van der Waals surface area contributed by atoms with E-state index in [0.29, 0.717) is 0 Å². The molecule has 0 radical (unpaired) electrons. The Hall–Kier alpha value is -0.180. The molecule has 1 fully saturated rings. The molecule has 84 valence electrons.